The molecule has 0 N–H and O–H groups in total. The maximum atomic E-state index is 5.89. The summed E-state index contributed by atoms with van der Waals surface area (Å²) in [7, 11) is -1.21. The number of halogens is 1. The van der Waals surface area contributed by atoms with Gasteiger partial charge in [0.2, 0.25) is 0 Å². The van der Waals surface area contributed by atoms with E-state index in [1.54, 1.807) is 0 Å². The zero-order valence-electron chi connectivity index (χ0n) is 7.38. The fourth-order valence-electron chi connectivity index (χ4n) is 0.336. The van der Waals surface area contributed by atoms with Crippen LogP contribution in [0.25, 0.3) is 0 Å². The highest BCUT2D eigenvalue weighted by Crippen LogP contribution is 2.10. The summed E-state index contributed by atoms with van der Waals surface area (Å²) in [5.41, 5.74) is 3.22. The van der Waals surface area contributed by atoms with Crippen LogP contribution in [0.1, 0.15) is 13.8 Å². The van der Waals surface area contributed by atoms with Crippen molar-refractivity contribution in [3.63, 3.8) is 0 Å². The molecule has 0 aliphatic rings. The molecule has 0 aromatic rings. The lowest BCUT2D eigenvalue weighted by Crippen LogP contribution is -2.18. The molecule has 0 bridgehead atoms. The summed E-state index contributed by atoms with van der Waals surface area (Å²) in [6, 6.07) is 0. The molecule has 0 fully saturated rings. The third kappa shape index (κ3) is 8.07. The smallest absolute Gasteiger partial charge is 0.129 e. The zero-order valence-corrected chi connectivity index (χ0v) is 9.13. The van der Waals surface area contributed by atoms with Crippen molar-refractivity contribution in [2.75, 3.05) is 0 Å². The van der Waals surface area contributed by atoms with E-state index in [0.717, 1.165) is 0 Å². The minimum Gasteiger partial charge on any atom is -0.130 e. The van der Waals surface area contributed by atoms with Gasteiger partial charge in [-0.1, -0.05) is 25.6 Å². The van der Waals surface area contributed by atoms with Crippen LogP contribution in [-0.2, 0) is 0 Å². The lowest BCUT2D eigenvalue weighted by Gasteiger charge is -2.08. The van der Waals surface area contributed by atoms with Gasteiger partial charge in [0.05, 0.1) is 4.87 Å². The molecule has 0 atom stereocenters. The molecular formula is C8H15ClSi. The molecule has 0 spiro atoms. The molecule has 2 heteroatoms. The van der Waals surface area contributed by atoms with E-state index in [2.05, 4.69) is 31.1 Å². The standard InChI is InChI=1S/C8H15ClSi/c1-8(2,9)6-7-10(3,4)5/h1-5H3. The second kappa shape index (κ2) is 2.98. The van der Waals surface area contributed by atoms with Crippen LogP contribution in [-0.4, -0.2) is 12.9 Å². The van der Waals surface area contributed by atoms with Gasteiger partial charge >= 0.3 is 0 Å². The Labute approximate surface area is 70.0 Å². The van der Waals surface area contributed by atoms with Gasteiger partial charge in [0, 0.05) is 0 Å². The number of hydrogen-bond donors (Lipinski definition) is 0. The van der Waals surface area contributed by atoms with Crippen molar-refractivity contribution >= 4 is 19.7 Å². The first-order chi connectivity index (χ1) is 4.21. The molecule has 0 aromatic carbocycles. The molecular weight excluding hydrogens is 160 g/mol. The topological polar surface area (TPSA) is 0 Å². The number of hydrogen-bond acceptors (Lipinski definition) is 0. The van der Waals surface area contributed by atoms with Crippen molar-refractivity contribution in [3.05, 3.63) is 0 Å². The summed E-state index contributed by atoms with van der Waals surface area (Å²) < 4.78 is 0. The maximum Gasteiger partial charge on any atom is 0.129 e. The van der Waals surface area contributed by atoms with Crippen molar-refractivity contribution in [2.24, 2.45) is 0 Å². The summed E-state index contributed by atoms with van der Waals surface area (Å²) in [5, 5.41) is 0. The third-order valence-corrected chi connectivity index (χ3v) is 1.70. The molecule has 0 aromatic heterocycles. The molecule has 0 saturated heterocycles. The van der Waals surface area contributed by atoms with Crippen LogP contribution in [0.5, 0.6) is 0 Å². The van der Waals surface area contributed by atoms with E-state index in [1.807, 2.05) is 13.8 Å². The Morgan fingerprint density at radius 3 is 1.70 bits per heavy atom. The van der Waals surface area contributed by atoms with Crippen molar-refractivity contribution in [1.82, 2.24) is 0 Å². The van der Waals surface area contributed by atoms with Crippen molar-refractivity contribution < 1.29 is 0 Å². The average Bonchev–Trinajstić information content (AvgIpc) is 1.57. The van der Waals surface area contributed by atoms with Gasteiger partial charge in [0.1, 0.15) is 8.07 Å². The van der Waals surface area contributed by atoms with Crippen molar-refractivity contribution in [1.29, 1.82) is 0 Å². The van der Waals surface area contributed by atoms with Gasteiger partial charge in [-0.3, -0.25) is 0 Å². The lowest BCUT2D eigenvalue weighted by atomic mass is 10.2. The van der Waals surface area contributed by atoms with E-state index in [0.29, 0.717) is 0 Å². The predicted octanol–water partition coefficient (Wildman–Crippen LogP) is 2.88. The molecule has 58 valence electrons. The Kier molecular flexibility index (Phi) is 3.00. The second-order valence-electron chi connectivity index (χ2n) is 3.97. The quantitative estimate of drug-likeness (QED) is 0.301. The molecule has 0 heterocycles. The highest BCUT2D eigenvalue weighted by atomic mass is 35.5. The van der Waals surface area contributed by atoms with E-state index in [-0.39, 0.29) is 4.87 Å². The van der Waals surface area contributed by atoms with Crippen LogP contribution in [0.3, 0.4) is 0 Å². The van der Waals surface area contributed by atoms with Gasteiger partial charge in [-0.15, -0.1) is 17.1 Å². The summed E-state index contributed by atoms with van der Waals surface area (Å²) in [4.78, 5) is -0.347. The minimum atomic E-state index is -1.21. The first-order valence-corrected chi connectivity index (χ1v) is 7.32. The van der Waals surface area contributed by atoms with E-state index < -0.39 is 8.07 Å². The molecule has 0 saturated carbocycles. The number of rotatable bonds is 0. The Morgan fingerprint density at radius 1 is 1.20 bits per heavy atom. The van der Waals surface area contributed by atoms with Crippen LogP contribution in [0.15, 0.2) is 0 Å². The second-order valence-corrected chi connectivity index (χ2v) is 9.67. The highest BCUT2D eigenvalue weighted by molar-refractivity contribution is 6.83. The SMILES string of the molecule is CC(C)(Cl)C#C[Si](C)(C)C. The Balaban J connectivity index is 4.19. The van der Waals surface area contributed by atoms with Crippen molar-refractivity contribution in [3.8, 4) is 11.5 Å². The molecule has 10 heavy (non-hydrogen) atoms. The van der Waals surface area contributed by atoms with E-state index >= 15 is 0 Å². The van der Waals surface area contributed by atoms with Crippen LogP contribution >= 0.6 is 11.6 Å². The first-order valence-electron chi connectivity index (χ1n) is 3.44. The molecule has 0 aliphatic heterocycles. The van der Waals surface area contributed by atoms with E-state index in [4.69, 9.17) is 11.6 Å². The lowest BCUT2D eigenvalue weighted by molar-refractivity contribution is 0.918. The number of alkyl halides is 1. The normalized spacial score (nSPS) is 12.2. The van der Waals surface area contributed by atoms with Gasteiger partial charge in [-0.25, -0.2) is 0 Å². The Hall–Kier alpha value is 0.0669. The molecule has 0 rings (SSSR count). The van der Waals surface area contributed by atoms with Gasteiger partial charge in [0.25, 0.3) is 0 Å². The fourth-order valence-corrected chi connectivity index (χ4v) is 1.15. The third-order valence-electron chi connectivity index (χ3n) is 0.735. The van der Waals surface area contributed by atoms with Gasteiger partial charge in [0.15, 0.2) is 0 Å². The van der Waals surface area contributed by atoms with Gasteiger partial charge in [-0.05, 0) is 13.8 Å². The maximum absolute atomic E-state index is 5.89. The van der Waals surface area contributed by atoms with E-state index in [1.165, 1.54) is 0 Å². The fraction of sp³-hybridized carbons (Fsp3) is 0.750. The Bertz CT molecular complexity index is 142. The van der Waals surface area contributed by atoms with Crippen LogP contribution in [0.4, 0.5) is 0 Å². The van der Waals surface area contributed by atoms with Crippen LogP contribution in [0.2, 0.25) is 19.6 Å². The largest absolute Gasteiger partial charge is 0.130 e. The molecule has 0 aliphatic carbocycles. The van der Waals surface area contributed by atoms with E-state index in [9.17, 15) is 0 Å². The van der Waals surface area contributed by atoms with Crippen LogP contribution in [0, 0.1) is 11.5 Å². The first kappa shape index (κ1) is 10.1. The molecule has 0 nitrogen and oxygen atoms in total. The molecule has 0 radical (unpaired) electrons. The van der Waals surface area contributed by atoms with Crippen LogP contribution < -0.4 is 0 Å². The molecule has 0 unspecified atom stereocenters. The predicted molar refractivity (Wildman–Crippen MR) is 51.1 cm³/mol. The van der Waals surface area contributed by atoms with Gasteiger partial charge in [-0.2, -0.15) is 0 Å². The average molecular weight is 175 g/mol. The summed E-state index contributed by atoms with van der Waals surface area (Å²) >= 11 is 5.89. The van der Waals surface area contributed by atoms with Gasteiger partial charge < -0.3 is 0 Å². The molecule has 0 amide bonds. The summed E-state index contributed by atoms with van der Waals surface area (Å²) in [6.07, 6.45) is 0. The summed E-state index contributed by atoms with van der Waals surface area (Å²) in [5.74, 6) is 3.04. The minimum absolute atomic E-state index is 0.347. The zero-order chi connectivity index (χ0) is 8.41. The Morgan fingerprint density at radius 2 is 1.60 bits per heavy atom. The summed E-state index contributed by atoms with van der Waals surface area (Å²) in [6.45, 7) is 10.5. The highest BCUT2D eigenvalue weighted by Gasteiger charge is 2.11. The van der Waals surface area contributed by atoms with Crippen molar-refractivity contribution in [2.45, 2.75) is 38.4 Å². The monoisotopic (exact) mass is 174 g/mol.